The lowest BCUT2D eigenvalue weighted by Gasteiger charge is -2.32. The lowest BCUT2D eigenvalue weighted by atomic mass is 9.83. The molecule has 1 atom stereocenters. The van der Waals surface area contributed by atoms with Crippen LogP contribution in [0.25, 0.3) is 0 Å². The van der Waals surface area contributed by atoms with Gasteiger partial charge in [-0.05, 0) is 30.0 Å². The summed E-state index contributed by atoms with van der Waals surface area (Å²) in [7, 11) is -0.274. The minimum atomic E-state index is -3.41. The second-order valence-electron chi connectivity index (χ2n) is 6.58. The molecule has 4 nitrogen and oxygen atoms in total. The third-order valence-corrected chi connectivity index (χ3v) is 5.57. The number of nitrogens with one attached hydrogen (secondary N) is 1. The number of hydrogen-bond donors (Lipinski definition) is 1. The molecule has 0 radical (unpaired) electrons. The molecule has 1 rings (SSSR count). The van der Waals surface area contributed by atoms with E-state index in [4.69, 9.17) is 0 Å². The molecule has 0 saturated carbocycles. The van der Waals surface area contributed by atoms with Crippen LogP contribution in [-0.4, -0.2) is 39.4 Å². The van der Waals surface area contributed by atoms with E-state index in [0.717, 1.165) is 12.1 Å². The first kappa shape index (κ1) is 18.1. The van der Waals surface area contributed by atoms with Gasteiger partial charge in [-0.3, -0.25) is 0 Å². The van der Waals surface area contributed by atoms with Crippen molar-refractivity contribution in [1.82, 2.24) is 9.62 Å². The number of benzene rings is 1. The lowest BCUT2D eigenvalue weighted by molar-refractivity contribution is 0.269. The third-order valence-electron chi connectivity index (χ3n) is 3.65. The predicted octanol–water partition coefficient (Wildman–Crippen LogP) is 2.50. The van der Waals surface area contributed by atoms with Gasteiger partial charge in [0.2, 0.25) is 10.0 Å². The van der Waals surface area contributed by atoms with Crippen molar-refractivity contribution in [1.29, 1.82) is 0 Å². The Bertz CT molecular complexity index is 560. The van der Waals surface area contributed by atoms with Gasteiger partial charge in [0.05, 0.1) is 4.90 Å². The van der Waals surface area contributed by atoms with Crippen LogP contribution >= 0.6 is 0 Å². The van der Waals surface area contributed by atoms with E-state index in [2.05, 4.69) is 33.0 Å². The Morgan fingerprint density at radius 1 is 1.19 bits per heavy atom. The molecular weight excluding hydrogens is 284 g/mol. The Hall–Kier alpha value is -0.910. The van der Waals surface area contributed by atoms with Crippen LogP contribution in [0.5, 0.6) is 0 Å². The highest BCUT2D eigenvalue weighted by Gasteiger charge is 2.27. The molecule has 1 aromatic carbocycles. The molecule has 0 aliphatic carbocycles. The topological polar surface area (TPSA) is 49.4 Å². The number of hydrogen-bond acceptors (Lipinski definition) is 3. The summed E-state index contributed by atoms with van der Waals surface area (Å²) in [6.45, 7) is 9.45. The molecule has 0 amide bonds. The van der Waals surface area contributed by atoms with Crippen LogP contribution in [0.15, 0.2) is 29.2 Å². The van der Waals surface area contributed by atoms with Crippen LogP contribution in [0.2, 0.25) is 0 Å². The van der Waals surface area contributed by atoms with Crippen LogP contribution in [-0.2, 0) is 16.4 Å². The standard InChI is InChI=1S/C16H28N2O2S/c1-7-17-15(16(2,3)4)12-13-10-8-9-11-14(13)21(19,20)18(5)6/h8-11,15,17H,7,12H2,1-6H3. The van der Waals surface area contributed by atoms with Gasteiger partial charge in [-0.1, -0.05) is 45.9 Å². The Morgan fingerprint density at radius 2 is 1.76 bits per heavy atom. The van der Waals surface area contributed by atoms with E-state index in [0.29, 0.717) is 11.3 Å². The van der Waals surface area contributed by atoms with Crippen molar-refractivity contribution in [3.05, 3.63) is 29.8 Å². The summed E-state index contributed by atoms with van der Waals surface area (Å²) >= 11 is 0. The molecule has 0 aliphatic heterocycles. The van der Waals surface area contributed by atoms with Crippen molar-refractivity contribution in [3.8, 4) is 0 Å². The lowest BCUT2D eigenvalue weighted by Crippen LogP contribution is -2.42. The summed E-state index contributed by atoms with van der Waals surface area (Å²) in [5.41, 5.74) is 0.928. The zero-order valence-electron chi connectivity index (χ0n) is 14.0. The molecule has 0 heterocycles. The fraction of sp³-hybridized carbons (Fsp3) is 0.625. The molecule has 0 saturated heterocycles. The molecule has 0 aliphatic rings. The van der Waals surface area contributed by atoms with Gasteiger partial charge in [0, 0.05) is 20.1 Å². The molecule has 0 bridgehead atoms. The van der Waals surface area contributed by atoms with Crippen molar-refractivity contribution in [3.63, 3.8) is 0 Å². The molecular formula is C16H28N2O2S. The van der Waals surface area contributed by atoms with Crippen LogP contribution in [0.4, 0.5) is 0 Å². The Kier molecular flexibility index (Phi) is 5.96. The maximum absolute atomic E-state index is 12.4. The molecule has 0 aromatic heterocycles. The highest BCUT2D eigenvalue weighted by molar-refractivity contribution is 7.89. The van der Waals surface area contributed by atoms with Crippen molar-refractivity contribution < 1.29 is 8.42 Å². The first-order valence-corrected chi connectivity index (χ1v) is 8.78. The molecule has 0 fully saturated rings. The van der Waals surface area contributed by atoms with Crippen molar-refractivity contribution >= 4 is 10.0 Å². The van der Waals surface area contributed by atoms with Crippen LogP contribution in [0.3, 0.4) is 0 Å². The average molecular weight is 312 g/mol. The maximum Gasteiger partial charge on any atom is 0.242 e. The van der Waals surface area contributed by atoms with Gasteiger partial charge < -0.3 is 5.32 Å². The van der Waals surface area contributed by atoms with Gasteiger partial charge in [-0.25, -0.2) is 12.7 Å². The number of sulfonamides is 1. The Balaban J connectivity index is 3.21. The Labute approximate surface area is 129 Å². The van der Waals surface area contributed by atoms with Gasteiger partial charge in [0.15, 0.2) is 0 Å². The monoisotopic (exact) mass is 312 g/mol. The van der Waals surface area contributed by atoms with Gasteiger partial charge >= 0.3 is 0 Å². The molecule has 1 aromatic rings. The molecule has 5 heteroatoms. The largest absolute Gasteiger partial charge is 0.313 e. The van der Waals surface area contributed by atoms with E-state index < -0.39 is 10.0 Å². The molecule has 1 N–H and O–H groups in total. The van der Waals surface area contributed by atoms with Crippen molar-refractivity contribution in [2.75, 3.05) is 20.6 Å². The molecule has 21 heavy (non-hydrogen) atoms. The first-order valence-electron chi connectivity index (χ1n) is 7.34. The van der Waals surface area contributed by atoms with Crippen LogP contribution in [0, 0.1) is 5.41 Å². The Morgan fingerprint density at radius 3 is 2.24 bits per heavy atom. The predicted molar refractivity (Wildman–Crippen MR) is 87.9 cm³/mol. The minimum Gasteiger partial charge on any atom is -0.313 e. The SMILES string of the molecule is CCNC(Cc1ccccc1S(=O)(=O)N(C)C)C(C)(C)C. The molecule has 1 unspecified atom stereocenters. The van der Waals surface area contributed by atoms with Crippen molar-refractivity contribution in [2.45, 2.75) is 45.1 Å². The fourth-order valence-corrected chi connectivity index (χ4v) is 3.40. The molecule has 0 spiro atoms. The zero-order valence-corrected chi connectivity index (χ0v) is 14.8. The van der Waals surface area contributed by atoms with Crippen molar-refractivity contribution in [2.24, 2.45) is 5.41 Å². The highest BCUT2D eigenvalue weighted by atomic mass is 32.2. The summed E-state index contributed by atoms with van der Waals surface area (Å²) in [5, 5.41) is 3.47. The first-order chi connectivity index (χ1) is 9.60. The van der Waals surface area contributed by atoms with Crippen LogP contribution < -0.4 is 5.32 Å². The number of rotatable bonds is 6. The summed E-state index contributed by atoms with van der Waals surface area (Å²) in [6.07, 6.45) is 0.695. The van der Waals surface area contributed by atoms with Gasteiger partial charge in [-0.15, -0.1) is 0 Å². The number of likely N-dealkylation sites (N-methyl/N-ethyl adjacent to an activating group) is 1. The average Bonchev–Trinajstić information content (AvgIpc) is 2.37. The second kappa shape index (κ2) is 6.90. The van der Waals surface area contributed by atoms with E-state index in [1.165, 1.54) is 4.31 Å². The van der Waals surface area contributed by atoms with E-state index in [-0.39, 0.29) is 11.5 Å². The van der Waals surface area contributed by atoms with Gasteiger partial charge in [-0.2, -0.15) is 0 Å². The summed E-state index contributed by atoms with van der Waals surface area (Å²) in [6, 6.07) is 7.50. The van der Waals surface area contributed by atoms with Gasteiger partial charge in [0.1, 0.15) is 0 Å². The van der Waals surface area contributed by atoms with E-state index in [9.17, 15) is 8.42 Å². The second-order valence-corrected chi connectivity index (χ2v) is 8.70. The minimum absolute atomic E-state index is 0.0605. The van der Waals surface area contributed by atoms with E-state index >= 15 is 0 Å². The summed E-state index contributed by atoms with van der Waals surface area (Å²) < 4.78 is 26.2. The summed E-state index contributed by atoms with van der Waals surface area (Å²) in [5.74, 6) is 0. The van der Waals surface area contributed by atoms with E-state index in [1.54, 1.807) is 26.2 Å². The fourth-order valence-electron chi connectivity index (χ4n) is 2.27. The summed E-state index contributed by atoms with van der Waals surface area (Å²) in [4.78, 5) is 0.405. The quantitative estimate of drug-likeness (QED) is 0.878. The number of nitrogens with zero attached hydrogens (tertiary/aromatic N) is 1. The van der Waals surface area contributed by atoms with Crippen LogP contribution in [0.1, 0.15) is 33.3 Å². The molecule has 120 valence electrons. The third kappa shape index (κ3) is 4.53. The smallest absolute Gasteiger partial charge is 0.242 e. The zero-order chi connectivity index (χ0) is 16.3. The normalized spacial score (nSPS) is 14.4. The van der Waals surface area contributed by atoms with Gasteiger partial charge in [0.25, 0.3) is 0 Å². The maximum atomic E-state index is 12.4. The highest BCUT2D eigenvalue weighted by Crippen LogP contribution is 2.26. The van der Waals surface area contributed by atoms with E-state index in [1.807, 2.05) is 12.1 Å².